The van der Waals surface area contributed by atoms with Crippen molar-refractivity contribution in [3.05, 3.63) is 41.7 Å². The van der Waals surface area contributed by atoms with Crippen molar-refractivity contribution in [2.45, 2.75) is 46.3 Å². The highest BCUT2D eigenvalue weighted by molar-refractivity contribution is 8.13. The third-order valence-electron chi connectivity index (χ3n) is 3.71. The number of carbonyl (C=O) groups excluding carboxylic acids is 1. The van der Waals surface area contributed by atoms with Gasteiger partial charge < -0.3 is 16.2 Å². The average Bonchev–Trinajstić information content (AvgIpc) is 3.09. The van der Waals surface area contributed by atoms with Crippen molar-refractivity contribution in [2.75, 3.05) is 5.75 Å². The van der Waals surface area contributed by atoms with E-state index in [0.29, 0.717) is 22.1 Å². The van der Waals surface area contributed by atoms with Crippen molar-refractivity contribution in [1.29, 1.82) is 0 Å². The minimum Gasteiger partial charge on any atom is -0.459 e. The number of nitrogens with two attached hydrogens (primary N) is 2. The minimum absolute atomic E-state index is 0.462. The number of hydrogen-bond donors (Lipinski definition) is 2. The first-order chi connectivity index (χ1) is 12.6. The van der Waals surface area contributed by atoms with Gasteiger partial charge in [-0.25, -0.2) is 14.5 Å². The van der Waals surface area contributed by atoms with Crippen LogP contribution >= 0.6 is 11.8 Å². The molecule has 8 heteroatoms. The molecule has 1 aromatic heterocycles. The Morgan fingerprint density at radius 2 is 2.11 bits per heavy atom. The van der Waals surface area contributed by atoms with E-state index in [0.717, 1.165) is 11.3 Å². The number of ether oxygens (including phenoxy) is 1. The Balaban J connectivity index is 2.56. The lowest BCUT2D eigenvalue weighted by molar-refractivity contribution is -0.156. The lowest BCUT2D eigenvalue weighted by atomic mass is 9.97. The van der Waals surface area contributed by atoms with Crippen molar-refractivity contribution in [2.24, 2.45) is 16.5 Å². The highest BCUT2D eigenvalue weighted by atomic mass is 32.2. The van der Waals surface area contributed by atoms with Gasteiger partial charge in [0.15, 0.2) is 5.17 Å². The molecule has 2 aromatic rings. The van der Waals surface area contributed by atoms with Crippen LogP contribution in [-0.4, -0.2) is 32.3 Å². The molecule has 27 heavy (non-hydrogen) atoms. The van der Waals surface area contributed by atoms with E-state index in [1.165, 1.54) is 11.8 Å². The molecule has 1 unspecified atom stereocenters. The summed E-state index contributed by atoms with van der Waals surface area (Å²) >= 11 is 1.45. The molecule has 1 heterocycles. The van der Waals surface area contributed by atoms with E-state index in [4.69, 9.17) is 16.2 Å². The number of thioether (sulfide) groups is 1. The maximum atomic E-state index is 12.6. The number of rotatable bonds is 5. The monoisotopic (exact) mass is 389 g/mol. The number of carbonyl (C=O) groups is 1. The SMILES string of the molecule is CCSC(N)=Nc1ccc(-n2cccn2)c(C(N)C(=O)OC(C)(C)C)c1C. The average molecular weight is 390 g/mol. The molecule has 1 atom stereocenters. The van der Waals surface area contributed by atoms with E-state index in [2.05, 4.69) is 10.1 Å². The van der Waals surface area contributed by atoms with Crippen molar-refractivity contribution in [3.8, 4) is 5.69 Å². The van der Waals surface area contributed by atoms with Crippen LogP contribution in [0.1, 0.15) is 44.9 Å². The van der Waals surface area contributed by atoms with Crippen LogP contribution in [0, 0.1) is 6.92 Å². The molecule has 4 N–H and O–H groups in total. The van der Waals surface area contributed by atoms with Crippen molar-refractivity contribution < 1.29 is 9.53 Å². The van der Waals surface area contributed by atoms with Gasteiger partial charge in [-0.3, -0.25) is 0 Å². The fraction of sp³-hybridized carbons (Fsp3) is 0.421. The Labute approximate surface area is 164 Å². The van der Waals surface area contributed by atoms with Crippen LogP contribution in [0.3, 0.4) is 0 Å². The minimum atomic E-state index is -0.973. The number of benzene rings is 1. The van der Waals surface area contributed by atoms with Gasteiger partial charge in [-0.05, 0) is 57.2 Å². The van der Waals surface area contributed by atoms with Gasteiger partial charge in [0.25, 0.3) is 0 Å². The molecule has 0 spiro atoms. The molecule has 0 bridgehead atoms. The summed E-state index contributed by atoms with van der Waals surface area (Å²) in [7, 11) is 0. The second kappa shape index (κ2) is 8.58. The van der Waals surface area contributed by atoms with Gasteiger partial charge in [0.1, 0.15) is 11.6 Å². The highest BCUT2D eigenvalue weighted by Gasteiger charge is 2.28. The zero-order valence-electron chi connectivity index (χ0n) is 16.4. The molecule has 146 valence electrons. The number of esters is 1. The van der Waals surface area contributed by atoms with E-state index in [1.54, 1.807) is 23.1 Å². The van der Waals surface area contributed by atoms with Crippen LogP contribution in [0.15, 0.2) is 35.6 Å². The van der Waals surface area contributed by atoms with Crippen LogP contribution in [0.5, 0.6) is 0 Å². The molecular formula is C19H27N5O2S. The van der Waals surface area contributed by atoms with Gasteiger partial charge in [0, 0.05) is 18.0 Å². The van der Waals surface area contributed by atoms with Crippen molar-refractivity contribution in [1.82, 2.24) is 9.78 Å². The summed E-state index contributed by atoms with van der Waals surface area (Å²) in [5.41, 5.74) is 14.4. The van der Waals surface area contributed by atoms with Gasteiger partial charge in [-0.1, -0.05) is 18.7 Å². The molecule has 7 nitrogen and oxygen atoms in total. The lowest BCUT2D eigenvalue weighted by Crippen LogP contribution is -2.32. The normalized spacial score (nSPS) is 13.5. The molecule has 2 rings (SSSR count). The van der Waals surface area contributed by atoms with Gasteiger partial charge >= 0.3 is 5.97 Å². The second-order valence-electron chi connectivity index (χ2n) is 6.99. The number of amidine groups is 1. The largest absolute Gasteiger partial charge is 0.459 e. The molecule has 0 aliphatic heterocycles. The Bertz CT molecular complexity index is 825. The molecule has 0 aliphatic rings. The Hall–Kier alpha value is -2.32. The number of hydrogen-bond acceptors (Lipinski definition) is 6. The predicted octanol–water partition coefficient (Wildman–Crippen LogP) is 3.22. The molecule has 0 saturated heterocycles. The Kier molecular flexibility index (Phi) is 6.67. The van der Waals surface area contributed by atoms with Crippen LogP contribution in [0.25, 0.3) is 5.69 Å². The maximum Gasteiger partial charge on any atom is 0.328 e. The van der Waals surface area contributed by atoms with Gasteiger partial charge in [-0.2, -0.15) is 5.10 Å². The number of aromatic nitrogens is 2. The fourth-order valence-corrected chi connectivity index (χ4v) is 3.07. The van der Waals surface area contributed by atoms with Gasteiger partial charge in [-0.15, -0.1) is 0 Å². The Morgan fingerprint density at radius 1 is 1.41 bits per heavy atom. The fourth-order valence-electron chi connectivity index (χ4n) is 2.61. The second-order valence-corrected chi connectivity index (χ2v) is 8.27. The molecule has 0 amide bonds. The zero-order valence-corrected chi connectivity index (χ0v) is 17.2. The van der Waals surface area contributed by atoms with Crippen LogP contribution in [-0.2, 0) is 9.53 Å². The summed E-state index contributed by atoms with van der Waals surface area (Å²) in [4.78, 5) is 17.1. The van der Waals surface area contributed by atoms with E-state index in [-0.39, 0.29) is 0 Å². The molecular weight excluding hydrogens is 362 g/mol. The topological polar surface area (TPSA) is 109 Å². The summed E-state index contributed by atoms with van der Waals surface area (Å²) in [6, 6.07) is 4.52. The predicted molar refractivity (Wildman–Crippen MR) is 110 cm³/mol. The van der Waals surface area contributed by atoms with Crippen LogP contribution in [0.2, 0.25) is 0 Å². The van der Waals surface area contributed by atoms with E-state index in [9.17, 15) is 4.79 Å². The summed E-state index contributed by atoms with van der Waals surface area (Å²) in [5, 5.41) is 4.73. The van der Waals surface area contributed by atoms with E-state index in [1.807, 2.05) is 46.8 Å². The van der Waals surface area contributed by atoms with Gasteiger partial charge in [0.2, 0.25) is 0 Å². The first kappa shape index (κ1) is 21.0. The maximum absolute atomic E-state index is 12.6. The van der Waals surface area contributed by atoms with Crippen LogP contribution in [0.4, 0.5) is 5.69 Å². The molecule has 0 aliphatic carbocycles. The number of aliphatic imine (C=N–C) groups is 1. The Morgan fingerprint density at radius 3 is 2.67 bits per heavy atom. The van der Waals surface area contributed by atoms with Gasteiger partial charge in [0.05, 0.1) is 11.4 Å². The van der Waals surface area contributed by atoms with E-state index < -0.39 is 17.6 Å². The molecule has 0 radical (unpaired) electrons. The quantitative estimate of drug-likeness (QED) is 0.462. The standard InChI is InChI=1S/C19H27N5O2S/c1-6-27-18(21)23-13-8-9-14(24-11-7-10-22-24)15(12(13)2)16(20)17(25)26-19(3,4)5/h7-11,16H,6,20H2,1-5H3,(H2,21,23). The van der Waals surface area contributed by atoms with Crippen molar-refractivity contribution >= 4 is 28.6 Å². The third kappa shape index (κ3) is 5.33. The van der Waals surface area contributed by atoms with Crippen LogP contribution < -0.4 is 11.5 Å². The summed E-state index contributed by atoms with van der Waals surface area (Å²) in [6.07, 6.45) is 3.46. The first-order valence-corrected chi connectivity index (χ1v) is 9.71. The number of nitrogens with zero attached hydrogens (tertiary/aromatic N) is 3. The summed E-state index contributed by atoms with van der Waals surface area (Å²) < 4.78 is 7.15. The zero-order chi connectivity index (χ0) is 20.2. The van der Waals surface area contributed by atoms with E-state index >= 15 is 0 Å². The summed E-state index contributed by atoms with van der Waals surface area (Å²) in [6.45, 7) is 9.30. The third-order valence-corrected chi connectivity index (χ3v) is 4.38. The molecule has 0 saturated carbocycles. The molecule has 0 fully saturated rings. The highest BCUT2D eigenvalue weighted by Crippen LogP contribution is 2.32. The molecule has 1 aromatic carbocycles. The first-order valence-electron chi connectivity index (χ1n) is 8.73. The summed E-state index contributed by atoms with van der Waals surface area (Å²) in [5.74, 6) is 0.320. The smallest absolute Gasteiger partial charge is 0.328 e. The van der Waals surface area contributed by atoms with Crippen molar-refractivity contribution in [3.63, 3.8) is 0 Å². The lowest BCUT2D eigenvalue weighted by Gasteiger charge is -2.24.